The predicted octanol–water partition coefficient (Wildman–Crippen LogP) is 5.12. The number of likely N-dealkylation sites (tertiary alicyclic amines) is 1. The molecule has 1 saturated heterocycles. The second kappa shape index (κ2) is 16.3. The number of unbranched alkanes of at least 4 members (excludes halogenated alkanes) is 1. The smallest absolute Gasteiger partial charge is 0.260 e. The van der Waals surface area contributed by atoms with Crippen molar-refractivity contribution in [3.8, 4) is 22.6 Å². The molecule has 0 spiro atoms. The number of carbonyl (C=O) groups excluding carboxylic acids is 1. The van der Waals surface area contributed by atoms with Crippen molar-refractivity contribution in [1.82, 2.24) is 24.3 Å². The van der Waals surface area contributed by atoms with Crippen LogP contribution >= 0.6 is 23.2 Å². The summed E-state index contributed by atoms with van der Waals surface area (Å²) in [6.07, 6.45) is 4.62. The highest BCUT2D eigenvalue weighted by Crippen LogP contribution is 2.45. The summed E-state index contributed by atoms with van der Waals surface area (Å²) in [6.45, 7) is 15.0. The van der Waals surface area contributed by atoms with E-state index < -0.39 is 0 Å². The van der Waals surface area contributed by atoms with E-state index in [2.05, 4.69) is 42.6 Å². The Morgan fingerprint density at radius 3 is 2.56 bits per heavy atom. The topological polar surface area (TPSA) is 111 Å². The van der Waals surface area contributed by atoms with Crippen LogP contribution in [0.4, 0.5) is 5.95 Å². The lowest BCUT2D eigenvalue weighted by Gasteiger charge is -2.38. The van der Waals surface area contributed by atoms with Crippen molar-refractivity contribution in [2.75, 3.05) is 64.9 Å². The summed E-state index contributed by atoms with van der Waals surface area (Å²) >= 11 is 13.7. The number of methoxy groups -OCH3 is 1. The quantitative estimate of drug-likeness (QED) is 0.156. The number of halogens is 2. The van der Waals surface area contributed by atoms with E-state index in [0.29, 0.717) is 60.3 Å². The number of aromatic nitrogens is 3. The van der Waals surface area contributed by atoms with E-state index in [4.69, 9.17) is 42.4 Å². The van der Waals surface area contributed by atoms with Crippen LogP contribution in [0.2, 0.25) is 10.0 Å². The largest absolute Gasteiger partial charge is 0.495 e. The molecular formula is C32H42Cl2N6O5. The lowest BCUT2D eigenvalue weighted by Crippen LogP contribution is -2.54. The second-order valence-corrected chi connectivity index (χ2v) is 11.4. The third kappa shape index (κ3) is 8.07. The van der Waals surface area contributed by atoms with Crippen LogP contribution in [0.15, 0.2) is 35.8 Å². The molecule has 1 N–H and O–H groups in total. The first-order valence-electron chi connectivity index (χ1n) is 15.3. The maximum atomic E-state index is 14.2. The summed E-state index contributed by atoms with van der Waals surface area (Å²) in [5, 5.41) is 4.31. The zero-order chi connectivity index (χ0) is 32.5. The van der Waals surface area contributed by atoms with Crippen LogP contribution in [0.5, 0.6) is 11.5 Å². The predicted molar refractivity (Wildman–Crippen MR) is 179 cm³/mol. The van der Waals surface area contributed by atoms with E-state index >= 15 is 0 Å². The summed E-state index contributed by atoms with van der Waals surface area (Å²) in [6, 6.07) is 3.33. The van der Waals surface area contributed by atoms with E-state index in [1.165, 1.54) is 13.2 Å². The molecule has 11 nitrogen and oxygen atoms in total. The zero-order valence-corrected chi connectivity index (χ0v) is 27.9. The van der Waals surface area contributed by atoms with Crippen molar-refractivity contribution in [3.63, 3.8) is 0 Å². The molecule has 1 aliphatic heterocycles. The number of hydrogen-bond donors (Lipinski definition) is 1. The van der Waals surface area contributed by atoms with E-state index in [1.807, 2.05) is 0 Å². The summed E-state index contributed by atoms with van der Waals surface area (Å²) in [4.78, 5) is 39.3. The van der Waals surface area contributed by atoms with Crippen LogP contribution in [-0.2, 0) is 16.1 Å². The zero-order valence-electron chi connectivity index (χ0n) is 26.4. The highest BCUT2D eigenvalue weighted by molar-refractivity contribution is 6.41. The maximum Gasteiger partial charge on any atom is 0.260 e. The van der Waals surface area contributed by atoms with Crippen molar-refractivity contribution < 1.29 is 19.0 Å². The Morgan fingerprint density at radius 2 is 1.89 bits per heavy atom. The Morgan fingerprint density at radius 1 is 1.16 bits per heavy atom. The van der Waals surface area contributed by atoms with Gasteiger partial charge in [-0.05, 0) is 31.7 Å². The molecule has 1 aliphatic rings. The highest BCUT2D eigenvalue weighted by atomic mass is 35.5. The first kappa shape index (κ1) is 34.5. The van der Waals surface area contributed by atoms with Crippen molar-refractivity contribution in [2.24, 2.45) is 0 Å². The Kier molecular flexibility index (Phi) is 12.5. The normalized spacial score (nSPS) is 13.3. The monoisotopic (exact) mass is 660 g/mol. The Balaban J connectivity index is 1.72. The number of benzene rings is 1. The molecule has 244 valence electrons. The molecular weight excluding hydrogens is 619 g/mol. The van der Waals surface area contributed by atoms with Gasteiger partial charge in [0.25, 0.3) is 5.56 Å². The number of fused-ring (bicyclic) bond motifs is 1. The van der Waals surface area contributed by atoms with Gasteiger partial charge in [-0.25, -0.2) is 4.98 Å². The molecule has 1 amide bonds. The minimum Gasteiger partial charge on any atom is -0.495 e. The van der Waals surface area contributed by atoms with Gasteiger partial charge in [-0.3, -0.25) is 14.2 Å². The fraction of sp³-hybridized carbons (Fsp3) is 0.500. The number of hydrogen-bond acceptors (Lipinski definition) is 9. The number of nitrogens with zero attached hydrogens (tertiary/aromatic N) is 5. The first-order valence-corrected chi connectivity index (χ1v) is 16.1. The molecule has 3 heterocycles. The van der Waals surface area contributed by atoms with Gasteiger partial charge in [-0.15, -0.1) is 0 Å². The number of ether oxygens (including phenoxy) is 3. The fourth-order valence-electron chi connectivity index (χ4n) is 5.06. The average Bonchev–Trinajstić information content (AvgIpc) is 3.02. The van der Waals surface area contributed by atoms with Gasteiger partial charge in [0.05, 0.1) is 48.6 Å². The van der Waals surface area contributed by atoms with Crippen LogP contribution in [0.3, 0.4) is 0 Å². The summed E-state index contributed by atoms with van der Waals surface area (Å²) in [5.41, 5.74) is 0.658. The van der Waals surface area contributed by atoms with E-state index in [1.54, 1.807) is 27.8 Å². The van der Waals surface area contributed by atoms with Crippen LogP contribution in [0, 0.1) is 0 Å². The van der Waals surface area contributed by atoms with Gasteiger partial charge in [0.15, 0.2) is 0 Å². The molecule has 45 heavy (non-hydrogen) atoms. The van der Waals surface area contributed by atoms with Crippen molar-refractivity contribution in [3.05, 3.63) is 51.4 Å². The summed E-state index contributed by atoms with van der Waals surface area (Å²) in [7, 11) is 1.50. The Hall–Kier alpha value is -3.38. The summed E-state index contributed by atoms with van der Waals surface area (Å²) in [5.74, 6) is 0.999. The molecule has 0 aliphatic carbocycles. The molecule has 4 rings (SSSR count). The number of likely N-dealkylation sites (N-methyl/N-ethyl adjacent to an activating group) is 1. The molecule has 13 heteroatoms. The summed E-state index contributed by atoms with van der Waals surface area (Å²) < 4.78 is 19.0. The van der Waals surface area contributed by atoms with E-state index in [-0.39, 0.29) is 46.3 Å². The molecule has 3 aromatic rings. The molecule has 0 atom stereocenters. The first-order chi connectivity index (χ1) is 21.8. The van der Waals surface area contributed by atoms with Crippen LogP contribution in [0.1, 0.15) is 33.6 Å². The number of anilines is 1. The number of pyridine rings is 1. The maximum absolute atomic E-state index is 14.2. The van der Waals surface area contributed by atoms with Gasteiger partial charge < -0.3 is 29.3 Å². The SMILES string of the molecule is C=CC(=O)N1CC(OCCn2c(=O)c(-c3c(Cl)c(OC)cc(OCCCC)c3Cl)cc3cnc(NCCN(CC)CC)nc32)C1. The van der Waals surface area contributed by atoms with Gasteiger partial charge in [0.2, 0.25) is 11.9 Å². The van der Waals surface area contributed by atoms with E-state index in [9.17, 15) is 9.59 Å². The van der Waals surface area contributed by atoms with E-state index in [0.717, 1.165) is 32.5 Å². The van der Waals surface area contributed by atoms with Gasteiger partial charge in [-0.1, -0.05) is 57.0 Å². The minimum absolute atomic E-state index is 0.129. The standard InChI is InChI=1S/C32H42Cl2N6O5/c1-6-10-14-45-25-17-24(43-5)28(33)27(29(25)34)23-16-21-18-36-32(35-11-12-38(8-3)9-4)37-30(21)40(31(23)42)13-15-44-22-19-39(20-22)26(41)7-2/h7,16-18,22H,2,6,8-15,19-20H2,1,3-5H3,(H,35,36,37). The van der Waals surface area contributed by atoms with Crippen molar-refractivity contribution in [1.29, 1.82) is 0 Å². The second-order valence-electron chi connectivity index (χ2n) is 10.7. The van der Waals surface area contributed by atoms with Crippen LogP contribution in [-0.4, -0.2) is 95.9 Å². The number of amides is 1. The average molecular weight is 662 g/mol. The Labute approximate surface area is 274 Å². The number of nitrogens with one attached hydrogen (secondary N) is 1. The number of carbonyl (C=O) groups is 1. The van der Waals surface area contributed by atoms with Gasteiger partial charge in [0, 0.05) is 49.4 Å². The van der Waals surface area contributed by atoms with Crippen molar-refractivity contribution in [2.45, 2.75) is 46.3 Å². The van der Waals surface area contributed by atoms with Gasteiger partial charge in [0.1, 0.15) is 17.1 Å². The van der Waals surface area contributed by atoms with Gasteiger partial charge >= 0.3 is 0 Å². The molecule has 2 aromatic heterocycles. The van der Waals surface area contributed by atoms with Gasteiger partial charge in [-0.2, -0.15) is 4.98 Å². The third-order valence-corrected chi connectivity index (χ3v) is 8.56. The highest BCUT2D eigenvalue weighted by Gasteiger charge is 2.30. The minimum atomic E-state index is -0.354. The Bertz CT molecular complexity index is 1560. The lowest BCUT2D eigenvalue weighted by atomic mass is 10.0. The molecule has 0 saturated carbocycles. The lowest BCUT2D eigenvalue weighted by molar-refractivity contribution is -0.139. The molecule has 0 radical (unpaired) electrons. The van der Waals surface area contributed by atoms with Crippen molar-refractivity contribution >= 4 is 46.1 Å². The van der Waals surface area contributed by atoms with Crippen LogP contribution < -0.4 is 20.3 Å². The van der Waals surface area contributed by atoms with Crippen LogP contribution in [0.25, 0.3) is 22.2 Å². The molecule has 1 aromatic carbocycles. The molecule has 1 fully saturated rings. The third-order valence-electron chi connectivity index (χ3n) is 7.81. The molecule has 0 unspecified atom stereocenters. The number of rotatable bonds is 17. The molecule has 0 bridgehead atoms. The fourth-order valence-corrected chi connectivity index (χ4v) is 5.75.